The monoisotopic (exact) mass is 864 g/mol. The molecule has 0 spiro atoms. The van der Waals surface area contributed by atoms with Gasteiger partial charge in [0.15, 0.2) is 0 Å². The molecule has 4 aromatic carbocycles. The van der Waals surface area contributed by atoms with E-state index < -0.39 is 0 Å². The van der Waals surface area contributed by atoms with Crippen LogP contribution in [-0.2, 0) is 12.8 Å². The van der Waals surface area contributed by atoms with Gasteiger partial charge in [-0.1, -0.05) is 156 Å². The fourth-order valence-electron chi connectivity index (χ4n) is 4.92. The van der Waals surface area contributed by atoms with Crippen LogP contribution >= 0.6 is 63.7 Å². The van der Waals surface area contributed by atoms with Crippen molar-refractivity contribution in [2.24, 2.45) is 0 Å². The number of rotatable bonds is 14. The summed E-state index contributed by atoms with van der Waals surface area (Å²) in [7, 11) is 0. The van der Waals surface area contributed by atoms with Crippen LogP contribution in [0.2, 0.25) is 0 Å². The van der Waals surface area contributed by atoms with Gasteiger partial charge in [0.05, 0.1) is 0 Å². The molecule has 0 heterocycles. The summed E-state index contributed by atoms with van der Waals surface area (Å²) in [6, 6.07) is 33.7. The van der Waals surface area contributed by atoms with Gasteiger partial charge < -0.3 is 0 Å². The molecular formula is C42H44Br4. The Morgan fingerprint density at radius 2 is 0.848 bits per heavy atom. The van der Waals surface area contributed by atoms with Crippen molar-refractivity contribution < 1.29 is 0 Å². The Balaban J connectivity index is 0.000000250. The molecule has 0 nitrogen and oxygen atoms in total. The Kier molecular flexibility index (Phi) is 20.1. The highest BCUT2D eigenvalue weighted by Crippen LogP contribution is 2.17. The van der Waals surface area contributed by atoms with E-state index in [-0.39, 0.29) is 0 Å². The first-order chi connectivity index (χ1) is 22.5. The van der Waals surface area contributed by atoms with Crippen molar-refractivity contribution in [3.8, 4) is 23.7 Å². The number of benzene rings is 4. The molecule has 4 aromatic rings. The molecular weight excluding hydrogens is 824 g/mol. The fourth-order valence-corrected chi connectivity index (χ4v) is 6.29. The van der Waals surface area contributed by atoms with Gasteiger partial charge in [-0.2, -0.15) is 0 Å². The lowest BCUT2D eigenvalue weighted by Crippen LogP contribution is -1.88. The zero-order chi connectivity index (χ0) is 32.7. The summed E-state index contributed by atoms with van der Waals surface area (Å²) in [5.74, 6) is 12.9. The molecule has 0 aliphatic rings. The van der Waals surface area contributed by atoms with Gasteiger partial charge in [-0.3, -0.25) is 0 Å². The molecule has 0 aliphatic heterocycles. The number of hydrogen-bond acceptors (Lipinski definition) is 0. The second-order valence-electron chi connectivity index (χ2n) is 11.4. The number of hydrogen-bond donors (Lipinski definition) is 0. The first-order valence-corrected chi connectivity index (χ1v) is 19.6. The third kappa shape index (κ3) is 18.3. The van der Waals surface area contributed by atoms with Crippen LogP contribution in [0, 0.1) is 23.7 Å². The summed E-state index contributed by atoms with van der Waals surface area (Å²) in [5, 5.41) is 0. The van der Waals surface area contributed by atoms with Gasteiger partial charge in [0, 0.05) is 41.9 Å². The van der Waals surface area contributed by atoms with Crippen LogP contribution < -0.4 is 0 Å². The Bertz CT molecular complexity index is 1530. The minimum atomic E-state index is 0.951. The van der Waals surface area contributed by atoms with Gasteiger partial charge >= 0.3 is 0 Å². The van der Waals surface area contributed by atoms with Gasteiger partial charge in [0.2, 0.25) is 0 Å². The molecule has 0 saturated carbocycles. The first-order valence-electron chi connectivity index (χ1n) is 16.5. The molecule has 0 atom stereocenters. The summed E-state index contributed by atoms with van der Waals surface area (Å²) in [5.41, 5.74) is 5.06. The summed E-state index contributed by atoms with van der Waals surface area (Å²) in [4.78, 5) is 0. The van der Waals surface area contributed by atoms with Gasteiger partial charge in [-0.05, 0) is 116 Å². The van der Waals surface area contributed by atoms with E-state index in [9.17, 15) is 0 Å². The van der Waals surface area contributed by atoms with Crippen LogP contribution in [0.5, 0.6) is 0 Å². The predicted octanol–water partition coefficient (Wildman–Crippen LogP) is 14.3. The van der Waals surface area contributed by atoms with Gasteiger partial charge in [-0.25, -0.2) is 0 Å². The molecule has 4 rings (SSSR count). The van der Waals surface area contributed by atoms with Crippen molar-refractivity contribution in [2.75, 3.05) is 0 Å². The standard InChI is InChI=1S/C21H26Br2.C21H18Br2/c2*22-20-15-13-18(14-16-20)9-6-4-2-1-3-5-7-10-19-11-8-12-21(23)17-19/h8,11-17H,1-7,9-10H2;8,11-17H,1-5H2. The van der Waals surface area contributed by atoms with Crippen LogP contribution in [0.1, 0.15) is 99.3 Å². The van der Waals surface area contributed by atoms with Crippen molar-refractivity contribution in [1.29, 1.82) is 0 Å². The van der Waals surface area contributed by atoms with E-state index in [0.717, 1.165) is 45.8 Å². The van der Waals surface area contributed by atoms with E-state index in [1.54, 1.807) is 0 Å². The van der Waals surface area contributed by atoms with Gasteiger partial charge in [-0.15, -0.1) is 0 Å². The number of unbranched alkanes of at least 4 members (excludes halogenated alkanes) is 10. The molecule has 0 amide bonds. The van der Waals surface area contributed by atoms with E-state index in [0.29, 0.717) is 0 Å². The fraction of sp³-hybridized carbons (Fsp3) is 0.333. The lowest BCUT2D eigenvalue weighted by atomic mass is 10.0. The van der Waals surface area contributed by atoms with Crippen molar-refractivity contribution in [3.05, 3.63) is 137 Å². The smallest absolute Gasteiger partial charge is 0.0256 e. The van der Waals surface area contributed by atoms with Gasteiger partial charge in [0.25, 0.3) is 0 Å². The summed E-state index contributed by atoms with van der Waals surface area (Å²) in [6.07, 6.45) is 17.3. The Morgan fingerprint density at radius 1 is 0.370 bits per heavy atom. The van der Waals surface area contributed by atoms with Crippen LogP contribution in [0.25, 0.3) is 0 Å². The lowest BCUT2D eigenvalue weighted by molar-refractivity contribution is 0.579. The highest BCUT2D eigenvalue weighted by molar-refractivity contribution is 9.11. The average Bonchev–Trinajstić information content (AvgIpc) is 3.05. The van der Waals surface area contributed by atoms with Crippen LogP contribution in [0.3, 0.4) is 0 Å². The Labute approximate surface area is 312 Å². The zero-order valence-corrected chi connectivity index (χ0v) is 33.0. The minimum Gasteiger partial charge on any atom is -0.0979 e. The number of aryl methyl sites for hydroxylation is 2. The predicted molar refractivity (Wildman–Crippen MR) is 213 cm³/mol. The maximum atomic E-state index is 3.54. The molecule has 0 aromatic heterocycles. The highest BCUT2D eigenvalue weighted by atomic mass is 79.9. The third-order valence-corrected chi connectivity index (χ3v) is 9.51. The van der Waals surface area contributed by atoms with Crippen molar-refractivity contribution in [1.82, 2.24) is 0 Å². The molecule has 4 heteroatoms. The highest BCUT2D eigenvalue weighted by Gasteiger charge is 1.97. The van der Waals surface area contributed by atoms with Crippen molar-refractivity contribution >= 4 is 63.7 Å². The second kappa shape index (κ2) is 24.1. The molecule has 0 radical (unpaired) electrons. The normalized spacial score (nSPS) is 10.2. The Morgan fingerprint density at radius 3 is 1.43 bits per heavy atom. The molecule has 0 bridgehead atoms. The summed E-state index contributed by atoms with van der Waals surface area (Å²) in [6.45, 7) is 0. The molecule has 0 saturated heterocycles. The van der Waals surface area contributed by atoms with Crippen LogP contribution in [-0.4, -0.2) is 0 Å². The number of halogens is 4. The van der Waals surface area contributed by atoms with E-state index in [1.807, 2.05) is 48.5 Å². The maximum absolute atomic E-state index is 3.54. The Hall–Kier alpha value is -2.08. The molecule has 0 fully saturated rings. The molecule has 0 N–H and O–H groups in total. The molecule has 240 valence electrons. The molecule has 0 unspecified atom stereocenters. The quantitative estimate of drug-likeness (QED) is 0.0875. The van der Waals surface area contributed by atoms with E-state index in [4.69, 9.17) is 0 Å². The maximum Gasteiger partial charge on any atom is 0.0256 e. The van der Waals surface area contributed by atoms with E-state index >= 15 is 0 Å². The minimum absolute atomic E-state index is 0.951. The SMILES string of the molecule is Brc1ccc(C#CCCCCCC#Cc2cccc(Br)c2)cc1.Brc1ccc(CCCCCCCCCc2cccc(Br)c2)cc1. The topological polar surface area (TPSA) is 0 Å². The summed E-state index contributed by atoms with van der Waals surface area (Å²) >= 11 is 13.9. The summed E-state index contributed by atoms with van der Waals surface area (Å²) < 4.78 is 4.53. The zero-order valence-electron chi connectivity index (χ0n) is 26.6. The van der Waals surface area contributed by atoms with E-state index in [2.05, 4.69) is 136 Å². The lowest BCUT2D eigenvalue weighted by Gasteiger charge is -2.04. The van der Waals surface area contributed by atoms with Crippen LogP contribution in [0.15, 0.2) is 115 Å². The molecule has 46 heavy (non-hydrogen) atoms. The van der Waals surface area contributed by atoms with Gasteiger partial charge in [0.1, 0.15) is 0 Å². The first kappa shape index (κ1) is 38.4. The third-order valence-electron chi connectivity index (χ3n) is 7.47. The average molecular weight is 868 g/mol. The largest absolute Gasteiger partial charge is 0.0979 e. The van der Waals surface area contributed by atoms with E-state index in [1.165, 1.54) is 84.3 Å². The second-order valence-corrected chi connectivity index (χ2v) is 15.1. The molecule has 0 aliphatic carbocycles. The van der Waals surface area contributed by atoms with Crippen molar-refractivity contribution in [2.45, 2.75) is 89.9 Å². The van der Waals surface area contributed by atoms with Crippen molar-refractivity contribution in [3.63, 3.8) is 0 Å². The van der Waals surface area contributed by atoms with Crippen LogP contribution in [0.4, 0.5) is 0 Å².